The Balaban J connectivity index is 1.69. The van der Waals surface area contributed by atoms with E-state index in [1.807, 2.05) is 30.3 Å². The number of amides is 1. The number of hydrogen-bond acceptors (Lipinski definition) is 3. The van der Waals surface area contributed by atoms with Crippen LogP contribution in [-0.4, -0.2) is 19.1 Å². The average molecular weight is 279 g/mol. The van der Waals surface area contributed by atoms with Crippen LogP contribution < -0.4 is 14.8 Å². The summed E-state index contributed by atoms with van der Waals surface area (Å²) >= 11 is 0. The lowest BCUT2D eigenvalue weighted by Gasteiger charge is -2.18. The summed E-state index contributed by atoms with van der Waals surface area (Å²) in [6.07, 6.45) is 0. The van der Waals surface area contributed by atoms with Gasteiger partial charge in [0.2, 0.25) is 0 Å². The van der Waals surface area contributed by atoms with E-state index in [9.17, 15) is 4.79 Å². The number of benzene rings is 2. The molecule has 2 aromatic carbocycles. The third kappa shape index (κ3) is 3.34. The molecule has 0 atom stereocenters. The summed E-state index contributed by atoms with van der Waals surface area (Å²) in [5.41, 5.74) is 1.43. The van der Waals surface area contributed by atoms with Crippen molar-refractivity contribution in [3.05, 3.63) is 54.1 Å². The van der Waals surface area contributed by atoms with E-state index in [4.69, 9.17) is 9.47 Å². The minimum Gasteiger partial charge on any atom is -0.486 e. The van der Waals surface area contributed by atoms with E-state index in [1.54, 1.807) is 18.2 Å². The van der Waals surface area contributed by atoms with Crippen molar-refractivity contribution in [3.63, 3.8) is 0 Å². The van der Waals surface area contributed by atoms with Crippen molar-refractivity contribution in [3.8, 4) is 23.3 Å². The molecule has 4 heteroatoms. The molecule has 0 fully saturated rings. The SMILES string of the molecule is O=C(C#Cc1ccccc1)Nc1ccc2c(c1)OCCO2. The highest BCUT2D eigenvalue weighted by Gasteiger charge is 2.12. The summed E-state index contributed by atoms with van der Waals surface area (Å²) in [5, 5.41) is 2.71. The van der Waals surface area contributed by atoms with Gasteiger partial charge in [0.15, 0.2) is 11.5 Å². The smallest absolute Gasteiger partial charge is 0.300 e. The molecular weight excluding hydrogens is 266 g/mol. The quantitative estimate of drug-likeness (QED) is 0.816. The van der Waals surface area contributed by atoms with E-state index in [1.165, 1.54) is 0 Å². The number of hydrogen-bond donors (Lipinski definition) is 1. The molecule has 2 aromatic rings. The first-order chi connectivity index (χ1) is 10.3. The molecule has 0 bridgehead atoms. The lowest BCUT2D eigenvalue weighted by Crippen LogP contribution is -2.16. The zero-order valence-electron chi connectivity index (χ0n) is 11.3. The zero-order chi connectivity index (χ0) is 14.5. The van der Waals surface area contributed by atoms with Gasteiger partial charge in [-0.15, -0.1) is 0 Å². The fourth-order valence-electron chi connectivity index (χ4n) is 1.93. The maximum Gasteiger partial charge on any atom is 0.300 e. The molecule has 0 saturated heterocycles. The second-order valence-corrected chi connectivity index (χ2v) is 4.43. The number of anilines is 1. The first-order valence-electron chi connectivity index (χ1n) is 6.59. The van der Waals surface area contributed by atoms with E-state index in [-0.39, 0.29) is 5.91 Å². The van der Waals surface area contributed by atoms with Gasteiger partial charge in [-0.2, -0.15) is 0 Å². The van der Waals surface area contributed by atoms with E-state index in [0.717, 1.165) is 5.56 Å². The molecule has 0 spiro atoms. The zero-order valence-corrected chi connectivity index (χ0v) is 11.3. The van der Waals surface area contributed by atoms with Gasteiger partial charge in [0.25, 0.3) is 0 Å². The van der Waals surface area contributed by atoms with Crippen molar-refractivity contribution in [2.24, 2.45) is 0 Å². The maximum atomic E-state index is 11.8. The molecule has 0 aliphatic carbocycles. The fraction of sp³-hybridized carbons (Fsp3) is 0.118. The number of ether oxygens (including phenoxy) is 2. The van der Waals surface area contributed by atoms with E-state index in [2.05, 4.69) is 17.2 Å². The Morgan fingerprint density at radius 3 is 2.57 bits per heavy atom. The van der Waals surface area contributed by atoms with Crippen LogP contribution in [0.25, 0.3) is 0 Å². The second-order valence-electron chi connectivity index (χ2n) is 4.43. The summed E-state index contributed by atoms with van der Waals surface area (Å²) in [6, 6.07) is 14.6. The van der Waals surface area contributed by atoms with Crippen LogP contribution in [0.4, 0.5) is 5.69 Å². The van der Waals surface area contributed by atoms with Crippen molar-refractivity contribution < 1.29 is 14.3 Å². The Bertz CT molecular complexity index is 714. The maximum absolute atomic E-state index is 11.8. The predicted molar refractivity (Wildman–Crippen MR) is 79.4 cm³/mol. The predicted octanol–water partition coefficient (Wildman–Crippen LogP) is 2.45. The molecule has 1 heterocycles. The molecule has 3 rings (SSSR count). The normalized spacial score (nSPS) is 12.0. The largest absolute Gasteiger partial charge is 0.486 e. The van der Waals surface area contributed by atoms with Crippen molar-refractivity contribution in [1.82, 2.24) is 0 Å². The third-order valence-corrected chi connectivity index (χ3v) is 2.89. The molecule has 4 nitrogen and oxygen atoms in total. The van der Waals surface area contributed by atoms with Gasteiger partial charge in [0.1, 0.15) is 13.2 Å². The number of rotatable bonds is 1. The van der Waals surface area contributed by atoms with Crippen LogP contribution in [0.1, 0.15) is 5.56 Å². The van der Waals surface area contributed by atoms with Gasteiger partial charge in [-0.25, -0.2) is 0 Å². The van der Waals surface area contributed by atoms with Crippen molar-refractivity contribution in [2.75, 3.05) is 18.5 Å². The second kappa shape index (κ2) is 6.02. The Morgan fingerprint density at radius 1 is 1.00 bits per heavy atom. The van der Waals surface area contributed by atoms with Crippen LogP contribution >= 0.6 is 0 Å². The van der Waals surface area contributed by atoms with Crippen LogP contribution in [0.5, 0.6) is 11.5 Å². The van der Waals surface area contributed by atoms with Crippen LogP contribution in [0, 0.1) is 11.8 Å². The van der Waals surface area contributed by atoms with Gasteiger partial charge in [0, 0.05) is 23.2 Å². The minimum atomic E-state index is -0.365. The first kappa shape index (κ1) is 13.1. The van der Waals surface area contributed by atoms with Gasteiger partial charge in [-0.3, -0.25) is 4.79 Å². The highest BCUT2D eigenvalue weighted by atomic mass is 16.6. The Hall–Kier alpha value is -2.93. The molecule has 21 heavy (non-hydrogen) atoms. The summed E-state index contributed by atoms with van der Waals surface area (Å²) in [4.78, 5) is 11.8. The van der Waals surface area contributed by atoms with Gasteiger partial charge in [-0.1, -0.05) is 24.1 Å². The lowest BCUT2D eigenvalue weighted by molar-refractivity contribution is -0.111. The van der Waals surface area contributed by atoms with Gasteiger partial charge < -0.3 is 14.8 Å². The highest BCUT2D eigenvalue weighted by Crippen LogP contribution is 2.32. The van der Waals surface area contributed by atoms with E-state index in [0.29, 0.717) is 30.4 Å². The molecule has 0 saturated carbocycles. The monoisotopic (exact) mass is 279 g/mol. The molecule has 1 N–H and O–H groups in total. The topological polar surface area (TPSA) is 47.6 Å². The van der Waals surface area contributed by atoms with Crippen molar-refractivity contribution >= 4 is 11.6 Å². The molecule has 0 radical (unpaired) electrons. The van der Waals surface area contributed by atoms with Crippen LogP contribution in [0.2, 0.25) is 0 Å². The molecular formula is C17H13NO3. The number of carbonyl (C=O) groups excluding carboxylic acids is 1. The fourth-order valence-corrected chi connectivity index (χ4v) is 1.93. The standard InChI is InChI=1S/C17H13NO3/c19-17(9-6-13-4-2-1-3-5-13)18-14-7-8-15-16(12-14)21-11-10-20-15/h1-5,7-8,12H,10-11H2,(H,18,19). The third-order valence-electron chi connectivity index (χ3n) is 2.89. The summed E-state index contributed by atoms with van der Waals surface area (Å²) in [6.45, 7) is 1.06. The Labute approximate surface area is 122 Å². The summed E-state index contributed by atoms with van der Waals surface area (Å²) in [5.74, 6) is 6.32. The van der Waals surface area contributed by atoms with E-state index < -0.39 is 0 Å². The summed E-state index contributed by atoms with van der Waals surface area (Å²) in [7, 11) is 0. The Morgan fingerprint density at radius 2 is 1.76 bits per heavy atom. The van der Waals surface area contributed by atoms with Gasteiger partial charge in [-0.05, 0) is 24.3 Å². The molecule has 104 valence electrons. The van der Waals surface area contributed by atoms with Gasteiger partial charge >= 0.3 is 5.91 Å². The number of carbonyl (C=O) groups is 1. The lowest BCUT2D eigenvalue weighted by atomic mass is 10.2. The molecule has 0 unspecified atom stereocenters. The first-order valence-corrected chi connectivity index (χ1v) is 6.59. The molecule has 1 amide bonds. The van der Waals surface area contributed by atoms with Crippen molar-refractivity contribution in [2.45, 2.75) is 0 Å². The molecule has 1 aliphatic heterocycles. The average Bonchev–Trinajstić information content (AvgIpc) is 2.54. The van der Waals surface area contributed by atoms with Crippen LogP contribution in [0.15, 0.2) is 48.5 Å². The highest BCUT2D eigenvalue weighted by molar-refractivity contribution is 6.04. The van der Waals surface area contributed by atoms with Crippen molar-refractivity contribution in [1.29, 1.82) is 0 Å². The number of fused-ring (bicyclic) bond motifs is 1. The van der Waals surface area contributed by atoms with E-state index >= 15 is 0 Å². The van der Waals surface area contributed by atoms with Crippen LogP contribution in [0.3, 0.4) is 0 Å². The molecule has 1 aliphatic rings. The van der Waals surface area contributed by atoms with Gasteiger partial charge in [0.05, 0.1) is 0 Å². The van der Waals surface area contributed by atoms with Crippen LogP contribution in [-0.2, 0) is 4.79 Å². The number of nitrogens with one attached hydrogen (secondary N) is 1. The minimum absolute atomic E-state index is 0.365. The summed E-state index contributed by atoms with van der Waals surface area (Å²) < 4.78 is 10.9. The molecule has 0 aromatic heterocycles. The Kier molecular flexibility index (Phi) is 3.74.